The lowest BCUT2D eigenvalue weighted by atomic mass is 10.2. The van der Waals surface area contributed by atoms with Gasteiger partial charge in [0.1, 0.15) is 0 Å². The van der Waals surface area contributed by atoms with Crippen molar-refractivity contribution in [2.24, 2.45) is 0 Å². The van der Waals surface area contributed by atoms with Gasteiger partial charge in [0, 0.05) is 14.2 Å². The van der Waals surface area contributed by atoms with Crippen LogP contribution in [0.4, 0.5) is 0 Å². The molecule has 1 saturated heterocycles. The van der Waals surface area contributed by atoms with Crippen LogP contribution in [-0.2, 0) is 14.2 Å². The first kappa shape index (κ1) is 8.97. The van der Waals surface area contributed by atoms with Crippen molar-refractivity contribution in [3.63, 3.8) is 0 Å². The largest absolute Gasteiger partial charge is 0.382 e. The Bertz CT molecular complexity index is 93.5. The quantitative estimate of drug-likeness (QED) is 0.609. The van der Waals surface area contributed by atoms with Crippen molar-refractivity contribution in [2.75, 3.05) is 27.4 Å². The fraction of sp³-hybridized carbons (Fsp3) is 1.00. The van der Waals surface area contributed by atoms with E-state index >= 15 is 0 Å². The van der Waals surface area contributed by atoms with E-state index < -0.39 is 0 Å². The monoisotopic (exact) mass is 160 g/mol. The van der Waals surface area contributed by atoms with E-state index in [0.717, 1.165) is 12.8 Å². The molecule has 0 aromatic carbocycles. The van der Waals surface area contributed by atoms with Crippen molar-refractivity contribution in [1.29, 1.82) is 0 Å². The Morgan fingerprint density at radius 2 is 1.55 bits per heavy atom. The van der Waals surface area contributed by atoms with Gasteiger partial charge in [-0.1, -0.05) is 0 Å². The third kappa shape index (κ3) is 2.77. The molecule has 3 nitrogen and oxygen atoms in total. The van der Waals surface area contributed by atoms with E-state index in [9.17, 15) is 0 Å². The lowest BCUT2D eigenvalue weighted by Crippen LogP contribution is -2.18. The van der Waals surface area contributed by atoms with Crippen LogP contribution in [0, 0.1) is 0 Å². The normalized spacial score (nSPS) is 31.1. The highest BCUT2D eigenvalue weighted by Gasteiger charge is 2.24. The van der Waals surface area contributed by atoms with E-state index in [-0.39, 0.29) is 0 Å². The van der Waals surface area contributed by atoms with Crippen LogP contribution in [0.2, 0.25) is 0 Å². The second-order valence-corrected chi connectivity index (χ2v) is 2.87. The maximum atomic E-state index is 5.59. The van der Waals surface area contributed by atoms with Crippen LogP contribution in [0.5, 0.6) is 0 Å². The van der Waals surface area contributed by atoms with Crippen LogP contribution in [0.25, 0.3) is 0 Å². The van der Waals surface area contributed by atoms with Crippen LogP contribution in [-0.4, -0.2) is 39.6 Å². The lowest BCUT2D eigenvalue weighted by molar-refractivity contribution is -0.0294. The summed E-state index contributed by atoms with van der Waals surface area (Å²) in [7, 11) is 3.40. The first-order valence-electron chi connectivity index (χ1n) is 4.00. The molecule has 0 radical (unpaired) electrons. The van der Waals surface area contributed by atoms with Crippen molar-refractivity contribution in [2.45, 2.75) is 25.0 Å². The molecular formula is C8H16O3. The first-order valence-corrected chi connectivity index (χ1v) is 4.00. The maximum Gasteiger partial charge on any atom is 0.0814 e. The van der Waals surface area contributed by atoms with Crippen LogP contribution >= 0.6 is 0 Å². The topological polar surface area (TPSA) is 27.7 Å². The lowest BCUT2D eigenvalue weighted by Gasteiger charge is -2.11. The van der Waals surface area contributed by atoms with Gasteiger partial charge in [-0.15, -0.1) is 0 Å². The minimum atomic E-state index is 0.292. The highest BCUT2D eigenvalue weighted by Crippen LogP contribution is 2.19. The van der Waals surface area contributed by atoms with Gasteiger partial charge in [0.25, 0.3) is 0 Å². The van der Waals surface area contributed by atoms with Gasteiger partial charge >= 0.3 is 0 Å². The molecule has 1 unspecified atom stereocenters. The Morgan fingerprint density at radius 3 is 1.91 bits per heavy atom. The highest BCUT2D eigenvalue weighted by atomic mass is 16.6. The van der Waals surface area contributed by atoms with Gasteiger partial charge in [0.15, 0.2) is 0 Å². The van der Waals surface area contributed by atoms with E-state index in [4.69, 9.17) is 14.2 Å². The fourth-order valence-electron chi connectivity index (χ4n) is 1.40. The van der Waals surface area contributed by atoms with Crippen LogP contribution < -0.4 is 0 Å². The summed E-state index contributed by atoms with van der Waals surface area (Å²) in [5, 5.41) is 0. The number of ether oxygens (including phenoxy) is 3. The van der Waals surface area contributed by atoms with E-state index in [0.29, 0.717) is 25.4 Å². The first-order chi connectivity index (χ1) is 5.36. The molecule has 0 bridgehead atoms. The van der Waals surface area contributed by atoms with Gasteiger partial charge < -0.3 is 14.2 Å². The zero-order valence-electron chi connectivity index (χ0n) is 7.21. The van der Waals surface area contributed by atoms with E-state index in [1.807, 2.05) is 0 Å². The van der Waals surface area contributed by atoms with Gasteiger partial charge in [-0.2, -0.15) is 0 Å². The van der Waals surface area contributed by atoms with E-state index in [1.54, 1.807) is 14.2 Å². The summed E-state index contributed by atoms with van der Waals surface area (Å²) >= 11 is 0. The summed E-state index contributed by atoms with van der Waals surface area (Å²) < 4.78 is 15.6. The average Bonchev–Trinajstić information content (AvgIpc) is 2.38. The Kier molecular flexibility index (Phi) is 3.83. The maximum absolute atomic E-state index is 5.59. The van der Waals surface area contributed by atoms with E-state index in [1.165, 1.54) is 0 Å². The highest BCUT2D eigenvalue weighted by molar-refractivity contribution is 4.72. The Morgan fingerprint density at radius 1 is 1.09 bits per heavy atom. The third-order valence-electron chi connectivity index (χ3n) is 1.90. The molecule has 2 atom stereocenters. The zero-order valence-corrected chi connectivity index (χ0v) is 7.21. The van der Waals surface area contributed by atoms with Crippen LogP contribution in [0.1, 0.15) is 12.8 Å². The number of hydrogen-bond acceptors (Lipinski definition) is 3. The summed E-state index contributed by atoms with van der Waals surface area (Å²) in [5.74, 6) is 0. The molecule has 1 aliphatic rings. The van der Waals surface area contributed by atoms with E-state index in [2.05, 4.69) is 0 Å². The molecule has 0 N–H and O–H groups in total. The predicted octanol–water partition coefficient (Wildman–Crippen LogP) is 0.827. The Balaban J connectivity index is 2.12. The van der Waals surface area contributed by atoms with Gasteiger partial charge in [-0.25, -0.2) is 0 Å². The molecule has 11 heavy (non-hydrogen) atoms. The number of methoxy groups -OCH3 is 2. The van der Waals surface area contributed by atoms with Gasteiger partial charge in [-0.05, 0) is 12.8 Å². The molecule has 0 amide bonds. The third-order valence-corrected chi connectivity index (χ3v) is 1.90. The van der Waals surface area contributed by atoms with Crippen molar-refractivity contribution < 1.29 is 14.2 Å². The van der Waals surface area contributed by atoms with Crippen molar-refractivity contribution in [3.05, 3.63) is 0 Å². The van der Waals surface area contributed by atoms with Crippen LogP contribution in [0.15, 0.2) is 0 Å². The average molecular weight is 160 g/mol. The second kappa shape index (κ2) is 4.70. The summed E-state index contributed by atoms with van der Waals surface area (Å²) in [6.07, 6.45) is 2.78. The molecule has 0 aliphatic carbocycles. The van der Waals surface area contributed by atoms with Gasteiger partial charge in [-0.3, -0.25) is 0 Å². The molecule has 0 spiro atoms. The molecule has 1 fully saturated rings. The fourth-order valence-corrected chi connectivity index (χ4v) is 1.40. The number of rotatable bonds is 4. The second-order valence-electron chi connectivity index (χ2n) is 2.87. The minimum Gasteiger partial charge on any atom is -0.382 e. The predicted molar refractivity (Wildman–Crippen MR) is 41.6 cm³/mol. The molecule has 66 valence electrons. The molecule has 3 heteroatoms. The molecule has 1 heterocycles. The summed E-state index contributed by atoms with van der Waals surface area (Å²) in [5.41, 5.74) is 0. The van der Waals surface area contributed by atoms with Crippen molar-refractivity contribution in [3.8, 4) is 0 Å². The molecule has 0 saturated carbocycles. The van der Waals surface area contributed by atoms with Gasteiger partial charge in [0.05, 0.1) is 25.4 Å². The molecule has 0 aromatic heterocycles. The Labute approximate surface area is 67.6 Å². The standard InChI is InChI=1S/C8H16O3/c1-9-5-7-3-4-8(11-7)6-10-2/h7-8H,3-6H2,1-2H3/t7-,8?/m0/s1. The summed E-state index contributed by atoms with van der Waals surface area (Å²) in [6, 6.07) is 0. The summed E-state index contributed by atoms with van der Waals surface area (Å²) in [4.78, 5) is 0. The minimum absolute atomic E-state index is 0.292. The zero-order chi connectivity index (χ0) is 8.10. The molecular weight excluding hydrogens is 144 g/mol. The van der Waals surface area contributed by atoms with Gasteiger partial charge in [0.2, 0.25) is 0 Å². The summed E-state index contributed by atoms with van der Waals surface area (Å²) in [6.45, 7) is 1.42. The molecule has 1 aliphatic heterocycles. The van der Waals surface area contributed by atoms with Crippen LogP contribution in [0.3, 0.4) is 0 Å². The SMILES string of the molecule is COCC1CC[C@@H](COC)O1. The molecule has 0 aromatic rings. The van der Waals surface area contributed by atoms with Crippen molar-refractivity contribution >= 4 is 0 Å². The number of hydrogen-bond donors (Lipinski definition) is 0. The molecule has 1 rings (SSSR count). The van der Waals surface area contributed by atoms with Crippen molar-refractivity contribution in [1.82, 2.24) is 0 Å². The Hall–Kier alpha value is -0.120. The smallest absolute Gasteiger partial charge is 0.0814 e.